The van der Waals surface area contributed by atoms with Crippen molar-refractivity contribution in [3.63, 3.8) is 0 Å². The lowest BCUT2D eigenvalue weighted by molar-refractivity contribution is -0.125. The zero-order valence-electron chi connectivity index (χ0n) is 20.3. The molecule has 1 aliphatic rings. The van der Waals surface area contributed by atoms with E-state index >= 15 is 0 Å². The summed E-state index contributed by atoms with van der Waals surface area (Å²) in [6.45, 7) is 10.6. The fraction of sp³-hybridized carbons (Fsp3) is 0.542. The highest BCUT2D eigenvalue weighted by molar-refractivity contribution is 8.07. The first-order chi connectivity index (χ1) is 15.2. The van der Waals surface area contributed by atoms with E-state index in [1.54, 1.807) is 11.8 Å². The van der Waals surface area contributed by atoms with E-state index in [1.165, 1.54) is 7.05 Å². The number of carbonyl (C=O) groups is 2. The average molecular weight is 465 g/mol. The van der Waals surface area contributed by atoms with Crippen molar-refractivity contribution >= 4 is 35.6 Å². The number of β-amino-alcohol motifs (C(OH)–C–C–N with tert-alkyl or cyclic N) is 1. The van der Waals surface area contributed by atoms with Gasteiger partial charge in [0.15, 0.2) is 0 Å². The van der Waals surface area contributed by atoms with Crippen molar-refractivity contribution < 1.29 is 14.7 Å². The lowest BCUT2D eigenvalue weighted by Gasteiger charge is -2.18. The van der Waals surface area contributed by atoms with E-state index in [9.17, 15) is 14.7 Å². The minimum atomic E-state index is -0.413. The number of aliphatic hydroxyl groups excluding tert-OH is 1. The first-order valence-corrected chi connectivity index (χ1v) is 11.9. The molecule has 0 spiro atoms. The van der Waals surface area contributed by atoms with Crippen molar-refractivity contribution in [2.75, 3.05) is 26.9 Å². The summed E-state index contributed by atoms with van der Waals surface area (Å²) < 4.78 is 0. The SMILES string of the molecule is C=N/C(C)=C(\SC)c1ccc(CNC(=O)C2CC(O)CN2C)cc1.CC(C)CC=O.CN. The lowest BCUT2D eigenvalue weighted by Crippen LogP contribution is -2.41. The fourth-order valence-electron chi connectivity index (χ4n) is 3.10. The summed E-state index contributed by atoms with van der Waals surface area (Å²) in [4.78, 5) is 28.8. The molecule has 1 heterocycles. The summed E-state index contributed by atoms with van der Waals surface area (Å²) in [6, 6.07) is 7.85. The van der Waals surface area contributed by atoms with Gasteiger partial charge in [-0.1, -0.05) is 38.1 Å². The molecular formula is C24H40N4O3S. The molecule has 1 aliphatic heterocycles. The maximum Gasteiger partial charge on any atom is 0.237 e. The first kappa shape index (κ1) is 30.0. The molecule has 0 radical (unpaired) electrons. The van der Waals surface area contributed by atoms with E-state index in [4.69, 9.17) is 0 Å². The second-order valence-electron chi connectivity index (χ2n) is 7.83. The Morgan fingerprint density at radius 3 is 2.34 bits per heavy atom. The highest BCUT2D eigenvalue weighted by Gasteiger charge is 2.33. The number of carbonyl (C=O) groups excluding carboxylic acids is 2. The molecule has 8 heteroatoms. The van der Waals surface area contributed by atoms with Crippen LogP contribution in [0.3, 0.4) is 0 Å². The Labute approximate surface area is 197 Å². The number of allylic oxidation sites excluding steroid dienone is 1. The number of nitrogens with one attached hydrogen (secondary N) is 1. The van der Waals surface area contributed by atoms with Gasteiger partial charge in [0.05, 0.1) is 17.8 Å². The van der Waals surface area contributed by atoms with Crippen LogP contribution in [-0.2, 0) is 16.1 Å². The Hall–Kier alpha value is -2.00. The van der Waals surface area contributed by atoms with Crippen LogP contribution in [0.5, 0.6) is 0 Å². The van der Waals surface area contributed by atoms with Crippen LogP contribution in [0.1, 0.15) is 44.7 Å². The molecule has 1 amide bonds. The lowest BCUT2D eigenvalue weighted by atomic mass is 10.1. The van der Waals surface area contributed by atoms with Gasteiger partial charge >= 0.3 is 0 Å². The van der Waals surface area contributed by atoms with E-state index in [-0.39, 0.29) is 11.9 Å². The predicted octanol–water partition coefficient (Wildman–Crippen LogP) is 2.93. The molecule has 2 unspecified atom stereocenters. The number of benzene rings is 1. The maximum atomic E-state index is 12.2. The summed E-state index contributed by atoms with van der Waals surface area (Å²) in [5, 5.41) is 12.6. The Morgan fingerprint density at radius 1 is 1.38 bits per heavy atom. The zero-order chi connectivity index (χ0) is 24.7. The van der Waals surface area contributed by atoms with Crippen molar-refractivity contribution in [3.8, 4) is 0 Å². The minimum absolute atomic E-state index is 0.0328. The van der Waals surface area contributed by atoms with Gasteiger partial charge in [0.25, 0.3) is 0 Å². The Morgan fingerprint density at radius 2 is 1.97 bits per heavy atom. The van der Waals surface area contributed by atoms with Crippen LogP contribution in [0.25, 0.3) is 4.91 Å². The molecule has 7 nitrogen and oxygen atoms in total. The van der Waals surface area contributed by atoms with Crippen molar-refractivity contribution in [1.82, 2.24) is 10.2 Å². The van der Waals surface area contributed by atoms with Gasteiger partial charge in [-0.2, -0.15) is 0 Å². The third kappa shape index (κ3) is 10.5. The van der Waals surface area contributed by atoms with Gasteiger partial charge < -0.3 is 21.0 Å². The van der Waals surface area contributed by atoms with Gasteiger partial charge in [-0.25, -0.2) is 0 Å². The molecule has 1 aromatic rings. The molecule has 2 atom stereocenters. The highest BCUT2D eigenvalue weighted by atomic mass is 32.2. The van der Waals surface area contributed by atoms with Crippen molar-refractivity contribution in [1.29, 1.82) is 0 Å². The van der Waals surface area contributed by atoms with Crippen LogP contribution in [0.4, 0.5) is 0 Å². The van der Waals surface area contributed by atoms with Gasteiger partial charge in [-0.15, -0.1) is 11.8 Å². The molecule has 1 aromatic carbocycles. The van der Waals surface area contributed by atoms with Crippen LogP contribution in [0.2, 0.25) is 0 Å². The first-order valence-electron chi connectivity index (χ1n) is 10.7. The van der Waals surface area contributed by atoms with Crippen molar-refractivity contribution in [3.05, 3.63) is 41.1 Å². The largest absolute Gasteiger partial charge is 0.392 e. The molecule has 0 saturated carbocycles. The van der Waals surface area contributed by atoms with E-state index in [0.717, 1.165) is 28.0 Å². The molecule has 1 fully saturated rings. The Balaban J connectivity index is 0.00000104. The van der Waals surface area contributed by atoms with Crippen molar-refractivity contribution in [2.24, 2.45) is 16.6 Å². The van der Waals surface area contributed by atoms with E-state index in [1.807, 2.05) is 63.2 Å². The van der Waals surface area contributed by atoms with Crippen LogP contribution < -0.4 is 11.1 Å². The molecular weight excluding hydrogens is 424 g/mol. The number of thioether (sulfide) groups is 1. The topological polar surface area (TPSA) is 108 Å². The zero-order valence-corrected chi connectivity index (χ0v) is 21.1. The van der Waals surface area contributed by atoms with E-state index < -0.39 is 6.10 Å². The van der Waals surface area contributed by atoms with Crippen LogP contribution >= 0.6 is 11.8 Å². The van der Waals surface area contributed by atoms with Crippen LogP contribution in [0.15, 0.2) is 35.0 Å². The average Bonchev–Trinajstić information content (AvgIpc) is 3.13. The number of amides is 1. The number of aldehydes is 1. The minimum Gasteiger partial charge on any atom is -0.392 e. The number of hydrogen-bond acceptors (Lipinski definition) is 7. The van der Waals surface area contributed by atoms with Crippen LogP contribution in [-0.4, -0.2) is 68.0 Å². The quantitative estimate of drug-likeness (QED) is 0.403. The van der Waals surface area contributed by atoms with E-state index in [0.29, 0.717) is 31.8 Å². The fourth-order valence-corrected chi connectivity index (χ4v) is 3.83. The third-order valence-corrected chi connectivity index (χ3v) is 5.79. The Kier molecular flexibility index (Phi) is 15.6. The summed E-state index contributed by atoms with van der Waals surface area (Å²) in [6.07, 6.45) is 3.75. The smallest absolute Gasteiger partial charge is 0.237 e. The van der Waals surface area contributed by atoms with Crippen molar-refractivity contribution in [2.45, 2.75) is 52.3 Å². The van der Waals surface area contributed by atoms with E-state index in [2.05, 4.69) is 22.8 Å². The number of likely N-dealkylation sites (N-methyl/N-ethyl adjacent to an activating group) is 1. The number of rotatable bonds is 8. The van der Waals surface area contributed by atoms with Crippen LogP contribution in [0, 0.1) is 5.92 Å². The van der Waals surface area contributed by atoms with Gasteiger partial charge in [0.1, 0.15) is 6.29 Å². The number of nitrogens with two attached hydrogens (primary N) is 1. The predicted molar refractivity (Wildman–Crippen MR) is 137 cm³/mol. The molecule has 0 aromatic heterocycles. The number of likely N-dealkylation sites (tertiary alicyclic amines) is 1. The molecule has 4 N–H and O–H groups in total. The second-order valence-corrected chi connectivity index (χ2v) is 8.65. The van der Waals surface area contributed by atoms with Gasteiger partial charge in [-0.3, -0.25) is 14.7 Å². The van der Waals surface area contributed by atoms with Gasteiger partial charge in [0.2, 0.25) is 5.91 Å². The Bertz CT molecular complexity index is 735. The monoisotopic (exact) mass is 464 g/mol. The normalized spacial score (nSPS) is 18.5. The molecule has 1 saturated heterocycles. The van der Waals surface area contributed by atoms with Gasteiger partial charge in [0, 0.05) is 24.4 Å². The number of hydrogen-bond donors (Lipinski definition) is 3. The summed E-state index contributed by atoms with van der Waals surface area (Å²) in [7, 11) is 3.36. The summed E-state index contributed by atoms with van der Waals surface area (Å²) in [5.41, 5.74) is 7.55. The molecule has 0 aliphatic carbocycles. The standard InChI is InChI=1S/C18H25N3O2S.C5H10O.CH5N/c1-12(19-2)17(24-4)14-7-5-13(6-8-14)10-20-18(23)16-9-15(22)11-21(16)3;1-5(2)3-4-6;1-2/h5-8,15-16,22H,2,9-11H2,1,3-4H3,(H,20,23);4-5H,3H2,1-2H3;2H2,1H3/b17-12-;;. The van der Waals surface area contributed by atoms with Gasteiger partial charge in [-0.05, 0) is 57.5 Å². The second kappa shape index (κ2) is 16.6. The number of nitrogens with zero attached hydrogens (tertiary/aromatic N) is 2. The summed E-state index contributed by atoms with van der Waals surface area (Å²) >= 11 is 1.64. The molecule has 32 heavy (non-hydrogen) atoms. The third-order valence-electron chi connectivity index (χ3n) is 4.85. The highest BCUT2D eigenvalue weighted by Crippen LogP contribution is 2.29. The number of aliphatic hydroxyl groups is 1. The molecule has 2 rings (SSSR count). The number of aliphatic imine (C=N–C) groups is 1. The maximum absolute atomic E-state index is 12.2. The molecule has 180 valence electrons. The summed E-state index contributed by atoms with van der Waals surface area (Å²) in [5.74, 6) is 0.497. The molecule has 0 bridgehead atoms.